The Morgan fingerprint density at radius 2 is 1.74 bits per heavy atom. The van der Waals surface area contributed by atoms with Gasteiger partial charge in [0.2, 0.25) is 5.91 Å². The zero-order valence-electron chi connectivity index (χ0n) is 18.7. The van der Waals surface area contributed by atoms with Crippen LogP contribution in [0.5, 0.6) is 0 Å². The highest BCUT2D eigenvalue weighted by molar-refractivity contribution is 5.97. The molecule has 2 amide bonds. The van der Waals surface area contributed by atoms with Gasteiger partial charge in [0.15, 0.2) is 0 Å². The third-order valence-corrected chi connectivity index (χ3v) is 6.73. The van der Waals surface area contributed by atoms with E-state index in [0.717, 1.165) is 30.5 Å². The summed E-state index contributed by atoms with van der Waals surface area (Å²) in [6.07, 6.45) is 2.65. The van der Waals surface area contributed by atoms with Gasteiger partial charge in [-0.2, -0.15) is 0 Å². The second kappa shape index (κ2) is 8.96. The van der Waals surface area contributed by atoms with Gasteiger partial charge in [-0.1, -0.05) is 0 Å². The Kier molecular flexibility index (Phi) is 6.29. The summed E-state index contributed by atoms with van der Waals surface area (Å²) in [6, 6.07) is 6.06. The van der Waals surface area contributed by atoms with E-state index in [2.05, 4.69) is 28.3 Å². The first-order valence-electron chi connectivity index (χ1n) is 11.3. The Labute approximate surface area is 183 Å². The Morgan fingerprint density at radius 1 is 1.03 bits per heavy atom. The maximum absolute atomic E-state index is 13.2. The summed E-state index contributed by atoms with van der Waals surface area (Å²) < 4.78 is 2.10. The lowest BCUT2D eigenvalue weighted by Gasteiger charge is -2.40. The minimum atomic E-state index is -0.467. The van der Waals surface area contributed by atoms with Crippen molar-refractivity contribution in [2.75, 3.05) is 39.3 Å². The van der Waals surface area contributed by atoms with Gasteiger partial charge in [-0.15, -0.1) is 0 Å². The van der Waals surface area contributed by atoms with Crippen LogP contribution in [0.1, 0.15) is 50.0 Å². The molecule has 2 saturated heterocycles. The highest BCUT2D eigenvalue weighted by Crippen LogP contribution is 2.23. The van der Waals surface area contributed by atoms with E-state index in [-0.39, 0.29) is 17.9 Å². The average Bonchev–Trinajstić information content (AvgIpc) is 3.09. The van der Waals surface area contributed by atoms with Crippen LogP contribution >= 0.6 is 0 Å². The van der Waals surface area contributed by atoms with E-state index in [0.29, 0.717) is 44.2 Å². The maximum Gasteiger partial charge on any atom is 0.253 e. The predicted octanol–water partition coefficient (Wildman–Crippen LogP) is 1.75. The number of benzene rings is 1. The van der Waals surface area contributed by atoms with Crippen LogP contribution in [0.4, 0.5) is 0 Å². The lowest BCUT2D eigenvalue weighted by molar-refractivity contribution is -0.131. The highest BCUT2D eigenvalue weighted by atomic mass is 16.3. The molecule has 8 nitrogen and oxygen atoms in total. The van der Waals surface area contributed by atoms with Crippen LogP contribution in [0.25, 0.3) is 11.0 Å². The molecule has 2 fully saturated rings. The smallest absolute Gasteiger partial charge is 0.253 e. The van der Waals surface area contributed by atoms with Gasteiger partial charge in [-0.3, -0.25) is 14.5 Å². The van der Waals surface area contributed by atoms with Crippen molar-refractivity contribution >= 4 is 22.8 Å². The molecule has 0 saturated carbocycles. The molecule has 0 aliphatic carbocycles. The first-order chi connectivity index (χ1) is 14.8. The van der Waals surface area contributed by atoms with Crippen molar-refractivity contribution in [3.05, 3.63) is 30.1 Å². The van der Waals surface area contributed by atoms with E-state index in [9.17, 15) is 14.7 Å². The number of likely N-dealkylation sites (tertiary alicyclic amines) is 1. The lowest BCUT2D eigenvalue weighted by atomic mass is 10.0. The van der Waals surface area contributed by atoms with Gasteiger partial charge in [-0.25, -0.2) is 4.98 Å². The summed E-state index contributed by atoms with van der Waals surface area (Å²) in [5, 5.41) is 10.8. The third kappa shape index (κ3) is 4.45. The topological polar surface area (TPSA) is 81.9 Å². The largest absolute Gasteiger partial charge is 0.391 e. The number of amides is 2. The van der Waals surface area contributed by atoms with E-state index >= 15 is 0 Å². The molecule has 3 heterocycles. The van der Waals surface area contributed by atoms with Gasteiger partial charge >= 0.3 is 0 Å². The standard InChI is InChI=1S/C23H33N5O3/c1-16(2)28-15-24-19-14-18(4-5-20(19)28)23(31)27-8-6-21(22(30)7-9-27)26-12-10-25(11-13-26)17(3)29/h4-5,14-16,21-22,30H,6-13H2,1-3H3/t21-,22-/m0/s1. The molecule has 1 aromatic heterocycles. The highest BCUT2D eigenvalue weighted by Gasteiger charge is 2.33. The summed E-state index contributed by atoms with van der Waals surface area (Å²) in [7, 11) is 0. The fourth-order valence-corrected chi connectivity index (χ4v) is 4.83. The van der Waals surface area contributed by atoms with Gasteiger partial charge in [-0.05, 0) is 44.9 Å². The number of carbonyl (C=O) groups is 2. The number of rotatable bonds is 3. The van der Waals surface area contributed by atoms with Crippen LogP contribution in [0, 0.1) is 0 Å². The summed E-state index contributed by atoms with van der Waals surface area (Å²) in [4.78, 5) is 35.2. The second-order valence-corrected chi connectivity index (χ2v) is 9.00. The van der Waals surface area contributed by atoms with Gasteiger partial charge < -0.3 is 19.5 Å². The molecule has 2 aliphatic heterocycles. The van der Waals surface area contributed by atoms with Crippen LogP contribution < -0.4 is 0 Å². The minimum Gasteiger partial charge on any atom is -0.391 e. The minimum absolute atomic E-state index is 0.00440. The number of aliphatic hydroxyl groups excluding tert-OH is 1. The van der Waals surface area contributed by atoms with Crippen LogP contribution in [-0.2, 0) is 4.79 Å². The van der Waals surface area contributed by atoms with Gasteiger partial charge in [0.1, 0.15) is 0 Å². The van der Waals surface area contributed by atoms with E-state index in [1.54, 1.807) is 6.92 Å². The molecule has 0 spiro atoms. The normalized spacial score (nSPS) is 23.4. The van der Waals surface area contributed by atoms with Gasteiger partial charge in [0.05, 0.1) is 23.5 Å². The SMILES string of the molecule is CC(=O)N1CCN([C@H]2CCN(C(=O)c3ccc4c(c3)ncn4C(C)C)CC[C@@H]2O)CC1. The number of hydrogen-bond donors (Lipinski definition) is 1. The van der Waals surface area contributed by atoms with E-state index < -0.39 is 6.10 Å². The molecule has 1 N–H and O–H groups in total. The number of aliphatic hydroxyl groups is 1. The molecule has 1 aromatic carbocycles. The summed E-state index contributed by atoms with van der Waals surface area (Å²) in [5.41, 5.74) is 2.50. The number of nitrogens with zero attached hydrogens (tertiary/aromatic N) is 5. The molecule has 2 aliphatic rings. The van der Waals surface area contributed by atoms with Crippen LogP contribution in [-0.4, -0.2) is 92.6 Å². The first kappa shape index (κ1) is 21.8. The Morgan fingerprint density at radius 3 is 2.42 bits per heavy atom. The summed E-state index contributed by atoms with van der Waals surface area (Å²) in [5.74, 6) is 0.100. The van der Waals surface area contributed by atoms with Crippen LogP contribution in [0.3, 0.4) is 0 Å². The van der Waals surface area contributed by atoms with Crippen molar-refractivity contribution in [1.82, 2.24) is 24.3 Å². The molecule has 31 heavy (non-hydrogen) atoms. The Balaban J connectivity index is 1.42. The van der Waals surface area contributed by atoms with Gasteiger partial charge in [0, 0.05) is 63.8 Å². The first-order valence-corrected chi connectivity index (χ1v) is 11.3. The molecule has 2 atom stereocenters. The Bertz CT molecular complexity index is 948. The zero-order chi connectivity index (χ0) is 22.1. The lowest BCUT2D eigenvalue weighted by Crippen LogP contribution is -2.54. The number of imidazole rings is 1. The fourth-order valence-electron chi connectivity index (χ4n) is 4.83. The predicted molar refractivity (Wildman–Crippen MR) is 119 cm³/mol. The van der Waals surface area contributed by atoms with Crippen molar-refractivity contribution in [3.8, 4) is 0 Å². The quantitative estimate of drug-likeness (QED) is 0.807. The summed E-state index contributed by atoms with van der Waals surface area (Å²) >= 11 is 0. The maximum atomic E-state index is 13.2. The fraction of sp³-hybridized carbons (Fsp3) is 0.609. The molecular weight excluding hydrogens is 394 g/mol. The number of aromatic nitrogens is 2. The second-order valence-electron chi connectivity index (χ2n) is 9.00. The monoisotopic (exact) mass is 427 g/mol. The molecule has 0 bridgehead atoms. The van der Waals surface area contributed by atoms with Crippen LogP contribution in [0.15, 0.2) is 24.5 Å². The molecule has 4 rings (SSSR count). The molecule has 0 unspecified atom stereocenters. The van der Waals surface area contributed by atoms with Crippen molar-refractivity contribution in [3.63, 3.8) is 0 Å². The number of piperazine rings is 1. The van der Waals surface area contributed by atoms with Crippen molar-refractivity contribution in [2.24, 2.45) is 0 Å². The number of carbonyl (C=O) groups excluding carboxylic acids is 2. The van der Waals surface area contributed by atoms with Crippen molar-refractivity contribution in [1.29, 1.82) is 0 Å². The summed E-state index contributed by atoms with van der Waals surface area (Å²) in [6.45, 7) is 9.92. The van der Waals surface area contributed by atoms with E-state index in [1.165, 1.54) is 0 Å². The molecule has 168 valence electrons. The molecular formula is C23H33N5O3. The van der Waals surface area contributed by atoms with Crippen molar-refractivity contribution < 1.29 is 14.7 Å². The average molecular weight is 428 g/mol. The van der Waals surface area contributed by atoms with E-state index in [4.69, 9.17) is 0 Å². The molecule has 0 radical (unpaired) electrons. The molecule has 2 aromatic rings. The number of hydrogen-bond acceptors (Lipinski definition) is 5. The van der Waals surface area contributed by atoms with Crippen LogP contribution in [0.2, 0.25) is 0 Å². The number of fused-ring (bicyclic) bond motifs is 1. The van der Waals surface area contributed by atoms with Crippen molar-refractivity contribution in [2.45, 2.75) is 51.8 Å². The third-order valence-electron chi connectivity index (χ3n) is 6.73. The zero-order valence-corrected chi connectivity index (χ0v) is 18.7. The van der Waals surface area contributed by atoms with E-state index in [1.807, 2.05) is 34.3 Å². The Hall–Kier alpha value is -2.45. The molecule has 8 heteroatoms. The van der Waals surface area contributed by atoms with Gasteiger partial charge in [0.25, 0.3) is 5.91 Å².